The Morgan fingerprint density at radius 3 is 3.06 bits per heavy atom. The highest BCUT2D eigenvalue weighted by Crippen LogP contribution is 2.35. The predicted octanol–water partition coefficient (Wildman–Crippen LogP) is 4.60. The maximum absolute atomic E-state index is 6.11. The molecule has 1 aliphatic rings. The Morgan fingerprint density at radius 2 is 2.17 bits per heavy atom. The lowest BCUT2D eigenvalue weighted by molar-refractivity contribution is 0.761. The van der Waals surface area contributed by atoms with Crippen molar-refractivity contribution >= 4 is 33.2 Å². The van der Waals surface area contributed by atoms with Gasteiger partial charge in [0, 0.05) is 10.7 Å². The number of hydrogen-bond donors (Lipinski definition) is 1. The standard InChI is InChI=1S/C14H12BrClN2/c15-10-7-13(14(16)17-8-10)18-12-6-5-9-3-1-2-4-11(9)12/h1-4,7-8,12,18H,5-6H2. The zero-order chi connectivity index (χ0) is 12.5. The molecule has 0 saturated heterocycles. The molecule has 1 aromatic carbocycles. The van der Waals surface area contributed by atoms with Crippen molar-refractivity contribution in [1.29, 1.82) is 0 Å². The summed E-state index contributed by atoms with van der Waals surface area (Å²) in [6.45, 7) is 0. The molecule has 1 heterocycles. The lowest BCUT2D eigenvalue weighted by atomic mass is 10.1. The van der Waals surface area contributed by atoms with Gasteiger partial charge in [0.1, 0.15) is 0 Å². The molecule has 18 heavy (non-hydrogen) atoms. The van der Waals surface area contributed by atoms with Crippen molar-refractivity contribution in [3.05, 3.63) is 57.3 Å². The summed E-state index contributed by atoms with van der Waals surface area (Å²) in [4.78, 5) is 4.13. The summed E-state index contributed by atoms with van der Waals surface area (Å²) in [5, 5.41) is 4.00. The molecule has 0 aliphatic heterocycles. The summed E-state index contributed by atoms with van der Waals surface area (Å²) in [5.74, 6) is 0. The van der Waals surface area contributed by atoms with E-state index in [-0.39, 0.29) is 0 Å². The summed E-state index contributed by atoms with van der Waals surface area (Å²) < 4.78 is 0.931. The summed E-state index contributed by atoms with van der Waals surface area (Å²) >= 11 is 9.52. The number of nitrogens with zero attached hydrogens (tertiary/aromatic N) is 1. The van der Waals surface area contributed by atoms with Crippen LogP contribution in [-0.2, 0) is 6.42 Å². The molecule has 0 amide bonds. The minimum absolute atomic E-state index is 0.329. The molecule has 1 aromatic heterocycles. The lowest BCUT2D eigenvalue weighted by Gasteiger charge is -2.16. The normalized spacial score (nSPS) is 17.6. The number of fused-ring (bicyclic) bond motifs is 1. The van der Waals surface area contributed by atoms with Crippen molar-refractivity contribution in [1.82, 2.24) is 4.98 Å². The number of benzene rings is 1. The Labute approximate surface area is 120 Å². The van der Waals surface area contributed by atoms with Crippen LogP contribution in [0.1, 0.15) is 23.6 Å². The molecule has 4 heteroatoms. The van der Waals surface area contributed by atoms with Crippen LogP contribution in [0.4, 0.5) is 5.69 Å². The fraction of sp³-hybridized carbons (Fsp3) is 0.214. The van der Waals surface area contributed by atoms with Crippen LogP contribution >= 0.6 is 27.5 Å². The fourth-order valence-corrected chi connectivity index (χ4v) is 2.91. The lowest BCUT2D eigenvalue weighted by Crippen LogP contribution is -2.07. The Hall–Kier alpha value is -1.06. The first kappa shape index (κ1) is 12.0. The number of anilines is 1. The van der Waals surface area contributed by atoms with Gasteiger partial charge in [-0.2, -0.15) is 0 Å². The summed E-state index contributed by atoms with van der Waals surface area (Å²) in [6.07, 6.45) is 3.92. The minimum Gasteiger partial charge on any atom is -0.376 e. The number of hydrogen-bond acceptors (Lipinski definition) is 2. The van der Waals surface area contributed by atoms with E-state index >= 15 is 0 Å². The van der Waals surface area contributed by atoms with Gasteiger partial charge in [-0.05, 0) is 46.0 Å². The largest absolute Gasteiger partial charge is 0.376 e. The van der Waals surface area contributed by atoms with Crippen molar-refractivity contribution in [2.24, 2.45) is 0 Å². The van der Waals surface area contributed by atoms with Gasteiger partial charge >= 0.3 is 0 Å². The zero-order valence-electron chi connectivity index (χ0n) is 9.66. The molecule has 2 nitrogen and oxygen atoms in total. The Kier molecular flexibility index (Phi) is 3.27. The third-order valence-electron chi connectivity index (χ3n) is 3.27. The van der Waals surface area contributed by atoms with Crippen LogP contribution in [0.2, 0.25) is 5.15 Å². The molecule has 92 valence electrons. The van der Waals surface area contributed by atoms with Gasteiger partial charge in [-0.3, -0.25) is 0 Å². The highest BCUT2D eigenvalue weighted by atomic mass is 79.9. The van der Waals surface area contributed by atoms with Gasteiger partial charge in [0.15, 0.2) is 5.15 Å². The average Bonchev–Trinajstić information content (AvgIpc) is 2.78. The average molecular weight is 324 g/mol. The topological polar surface area (TPSA) is 24.9 Å². The number of aromatic nitrogens is 1. The highest BCUT2D eigenvalue weighted by Gasteiger charge is 2.22. The summed E-state index contributed by atoms with van der Waals surface area (Å²) in [6, 6.07) is 10.8. The number of rotatable bonds is 2. The smallest absolute Gasteiger partial charge is 0.152 e. The molecular weight excluding hydrogens is 312 g/mol. The van der Waals surface area contributed by atoms with Gasteiger partial charge in [0.2, 0.25) is 0 Å². The van der Waals surface area contributed by atoms with Crippen LogP contribution < -0.4 is 5.32 Å². The SMILES string of the molecule is Clc1ncc(Br)cc1NC1CCc2ccccc21. The first-order valence-electron chi connectivity index (χ1n) is 5.89. The maximum Gasteiger partial charge on any atom is 0.152 e. The van der Waals surface area contributed by atoms with E-state index in [1.54, 1.807) is 6.20 Å². The quantitative estimate of drug-likeness (QED) is 0.817. The van der Waals surface area contributed by atoms with Crippen LogP contribution in [0.3, 0.4) is 0 Å². The van der Waals surface area contributed by atoms with E-state index in [9.17, 15) is 0 Å². The van der Waals surface area contributed by atoms with Crippen molar-refractivity contribution in [2.75, 3.05) is 5.32 Å². The fourth-order valence-electron chi connectivity index (χ4n) is 2.42. The van der Waals surface area contributed by atoms with E-state index in [0.717, 1.165) is 23.0 Å². The van der Waals surface area contributed by atoms with E-state index in [2.05, 4.69) is 50.5 Å². The number of pyridine rings is 1. The van der Waals surface area contributed by atoms with Crippen molar-refractivity contribution < 1.29 is 0 Å². The number of aryl methyl sites for hydroxylation is 1. The van der Waals surface area contributed by atoms with Crippen LogP contribution in [-0.4, -0.2) is 4.98 Å². The van der Waals surface area contributed by atoms with Gasteiger partial charge in [-0.1, -0.05) is 35.9 Å². The molecule has 1 aliphatic carbocycles. The maximum atomic E-state index is 6.11. The molecule has 3 rings (SSSR count). The summed E-state index contributed by atoms with van der Waals surface area (Å²) in [7, 11) is 0. The molecule has 1 N–H and O–H groups in total. The Balaban J connectivity index is 1.88. The van der Waals surface area contributed by atoms with Crippen molar-refractivity contribution in [2.45, 2.75) is 18.9 Å². The molecule has 1 atom stereocenters. The Bertz CT molecular complexity index is 586. The molecule has 0 bridgehead atoms. The second-order valence-corrected chi connectivity index (χ2v) is 5.70. The monoisotopic (exact) mass is 322 g/mol. The second-order valence-electron chi connectivity index (χ2n) is 4.43. The van der Waals surface area contributed by atoms with E-state index < -0.39 is 0 Å². The van der Waals surface area contributed by atoms with Gasteiger partial charge < -0.3 is 5.32 Å². The summed E-state index contributed by atoms with van der Waals surface area (Å²) in [5.41, 5.74) is 3.68. The predicted molar refractivity (Wildman–Crippen MR) is 78.1 cm³/mol. The van der Waals surface area contributed by atoms with Gasteiger partial charge in [-0.25, -0.2) is 4.98 Å². The van der Waals surface area contributed by atoms with Gasteiger partial charge in [-0.15, -0.1) is 0 Å². The number of nitrogens with one attached hydrogen (secondary N) is 1. The first-order valence-corrected chi connectivity index (χ1v) is 7.06. The second kappa shape index (κ2) is 4.90. The highest BCUT2D eigenvalue weighted by molar-refractivity contribution is 9.10. The van der Waals surface area contributed by atoms with Crippen molar-refractivity contribution in [3.8, 4) is 0 Å². The Morgan fingerprint density at radius 1 is 1.33 bits per heavy atom. The molecule has 0 fully saturated rings. The van der Waals surface area contributed by atoms with Crippen LogP contribution in [0.15, 0.2) is 41.0 Å². The molecule has 0 spiro atoms. The number of halogens is 2. The van der Waals surface area contributed by atoms with E-state index in [0.29, 0.717) is 11.2 Å². The van der Waals surface area contributed by atoms with E-state index in [1.807, 2.05) is 6.07 Å². The van der Waals surface area contributed by atoms with E-state index in [4.69, 9.17) is 11.6 Å². The first-order chi connectivity index (χ1) is 8.74. The van der Waals surface area contributed by atoms with Crippen LogP contribution in [0.25, 0.3) is 0 Å². The van der Waals surface area contributed by atoms with Crippen molar-refractivity contribution in [3.63, 3.8) is 0 Å². The van der Waals surface area contributed by atoms with E-state index in [1.165, 1.54) is 11.1 Å². The minimum atomic E-state index is 0.329. The molecule has 0 radical (unpaired) electrons. The molecular formula is C14H12BrClN2. The third kappa shape index (κ3) is 2.25. The zero-order valence-corrected chi connectivity index (χ0v) is 12.0. The van der Waals surface area contributed by atoms with Crippen LogP contribution in [0, 0.1) is 0 Å². The molecule has 2 aromatic rings. The molecule has 1 unspecified atom stereocenters. The third-order valence-corrected chi connectivity index (χ3v) is 4.00. The van der Waals surface area contributed by atoms with Crippen LogP contribution in [0.5, 0.6) is 0 Å². The van der Waals surface area contributed by atoms with Gasteiger partial charge in [0.25, 0.3) is 0 Å². The van der Waals surface area contributed by atoms with Gasteiger partial charge in [0.05, 0.1) is 11.7 Å². The molecule has 0 saturated carbocycles.